The van der Waals surface area contributed by atoms with Crippen LogP contribution >= 0.6 is 15.6 Å². The van der Waals surface area contributed by atoms with E-state index < -0.39 is 37.3 Å². The maximum atomic E-state index is 15.3. The Hall–Kier alpha value is -5.04. The molecule has 2 unspecified atom stereocenters. The molecule has 0 saturated heterocycles. The maximum absolute atomic E-state index is 15.3. The molecule has 10 nitrogen and oxygen atoms in total. The lowest BCUT2D eigenvalue weighted by atomic mass is 9.80. The standard InChI is InChI=1S/C54H72O10P2/c1-49(2,3)35-22-28-47(43(30-35)53(13,14)15)63-65(57,61-39-24-26-45(55)41(33-39)51(7,8)9)59-37-20-19-21-38(32-37)60-66(58,62-40-25-27-46(56)42(34-40)52(10,11)12)64-48-29-23-36(50(4,5)6)31-44(48)54(16,17)18/h19-34,55-56H,1-18H3. The van der Waals surface area contributed by atoms with E-state index in [1.54, 1.807) is 42.5 Å². The van der Waals surface area contributed by atoms with Gasteiger partial charge in [0.2, 0.25) is 0 Å². The van der Waals surface area contributed by atoms with E-state index in [4.69, 9.17) is 27.1 Å². The van der Waals surface area contributed by atoms with Crippen LogP contribution in [0.5, 0.6) is 46.0 Å². The fraction of sp³-hybridized carbons (Fsp3) is 0.444. The van der Waals surface area contributed by atoms with Gasteiger partial charge in [0.25, 0.3) is 0 Å². The van der Waals surface area contributed by atoms with Crippen molar-refractivity contribution in [3.63, 3.8) is 0 Å². The molecule has 0 bridgehead atoms. The molecule has 5 aromatic carbocycles. The third kappa shape index (κ3) is 13.1. The van der Waals surface area contributed by atoms with Gasteiger partial charge in [0.15, 0.2) is 0 Å². The fourth-order valence-corrected chi connectivity index (χ4v) is 9.64. The lowest BCUT2D eigenvalue weighted by Gasteiger charge is -2.29. The van der Waals surface area contributed by atoms with Gasteiger partial charge in [-0.2, -0.15) is 9.13 Å². The summed E-state index contributed by atoms with van der Waals surface area (Å²) in [6.45, 7) is 36.6. The van der Waals surface area contributed by atoms with Crippen molar-refractivity contribution >= 4 is 15.6 Å². The molecule has 0 aliphatic heterocycles. The molecule has 0 aromatic heterocycles. The SMILES string of the molecule is CC(C)(C)c1ccc(OP(=O)(Oc2cccc(OP(=O)(Oc3ccc(O)c(C(C)(C)C)c3)Oc3ccc(C(C)(C)C)cc3C(C)(C)C)c2)Oc2ccc(O)c(C(C)(C)C)c2)c(C(C)(C)C)c1. The molecule has 0 heterocycles. The van der Waals surface area contributed by atoms with Crippen LogP contribution in [0, 0.1) is 0 Å². The third-order valence-corrected chi connectivity index (χ3v) is 13.5. The second-order valence-corrected chi connectivity index (χ2v) is 26.1. The molecule has 2 atom stereocenters. The zero-order valence-electron chi connectivity index (χ0n) is 42.3. The predicted octanol–water partition coefficient (Wildman–Crippen LogP) is 16.2. The van der Waals surface area contributed by atoms with E-state index in [1.165, 1.54) is 30.3 Å². The lowest BCUT2D eigenvalue weighted by molar-refractivity contribution is 0.291. The highest BCUT2D eigenvalue weighted by Gasteiger charge is 2.39. The van der Waals surface area contributed by atoms with Gasteiger partial charge in [0.05, 0.1) is 0 Å². The van der Waals surface area contributed by atoms with Crippen LogP contribution in [0.1, 0.15) is 158 Å². The Morgan fingerprint density at radius 1 is 0.333 bits per heavy atom. The van der Waals surface area contributed by atoms with Crippen molar-refractivity contribution in [2.75, 3.05) is 0 Å². The molecule has 0 amide bonds. The van der Waals surface area contributed by atoms with Gasteiger partial charge >= 0.3 is 15.6 Å². The molecule has 66 heavy (non-hydrogen) atoms. The molecule has 0 saturated carbocycles. The minimum absolute atomic E-state index is 0.00890. The van der Waals surface area contributed by atoms with Crippen LogP contribution in [0.25, 0.3) is 0 Å². The number of hydrogen-bond acceptors (Lipinski definition) is 10. The van der Waals surface area contributed by atoms with Crippen LogP contribution in [0.3, 0.4) is 0 Å². The van der Waals surface area contributed by atoms with Crippen molar-refractivity contribution in [1.82, 2.24) is 0 Å². The lowest BCUT2D eigenvalue weighted by Crippen LogP contribution is -2.18. The van der Waals surface area contributed by atoms with E-state index in [1.807, 2.05) is 107 Å². The van der Waals surface area contributed by atoms with Crippen LogP contribution in [0.15, 0.2) is 97.1 Å². The summed E-state index contributed by atoms with van der Waals surface area (Å²) in [6.07, 6.45) is 0. The van der Waals surface area contributed by atoms with E-state index in [-0.39, 0.29) is 45.3 Å². The van der Waals surface area contributed by atoms with Gasteiger partial charge in [-0.25, -0.2) is 0 Å². The molecule has 2 N–H and O–H groups in total. The van der Waals surface area contributed by atoms with Crippen molar-refractivity contribution in [3.05, 3.63) is 130 Å². The monoisotopic (exact) mass is 942 g/mol. The van der Waals surface area contributed by atoms with Crippen molar-refractivity contribution < 1.29 is 46.5 Å². The first-order valence-electron chi connectivity index (χ1n) is 22.4. The van der Waals surface area contributed by atoms with Crippen molar-refractivity contribution in [3.8, 4) is 46.0 Å². The second kappa shape index (κ2) is 18.2. The first-order valence-corrected chi connectivity index (χ1v) is 25.3. The van der Waals surface area contributed by atoms with E-state index in [9.17, 15) is 10.2 Å². The van der Waals surface area contributed by atoms with Gasteiger partial charge < -0.3 is 37.4 Å². The predicted molar refractivity (Wildman–Crippen MR) is 267 cm³/mol. The van der Waals surface area contributed by atoms with E-state index in [2.05, 4.69) is 41.5 Å². The summed E-state index contributed by atoms with van der Waals surface area (Å²) < 4.78 is 68.4. The highest BCUT2D eigenvalue weighted by Crippen LogP contribution is 2.56. The van der Waals surface area contributed by atoms with Gasteiger partial charge in [-0.3, -0.25) is 0 Å². The molecule has 0 radical (unpaired) electrons. The number of phenols is 2. The number of hydrogen-bond donors (Lipinski definition) is 2. The molecule has 0 spiro atoms. The van der Waals surface area contributed by atoms with Crippen LogP contribution < -0.4 is 27.1 Å². The zero-order valence-corrected chi connectivity index (χ0v) is 44.1. The summed E-state index contributed by atoms with van der Waals surface area (Å²) >= 11 is 0. The van der Waals surface area contributed by atoms with Gasteiger partial charge in [-0.05, 0) is 104 Å². The average Bonchev–Trinajstić information content (AvgIpc) is 3.14. The highest BCUT2D eigenvalue weighted by molar-refractivity contribution is 7.50. The smallest absolute Gasteiger partial charge is 0.508 e. The van der Waals surface area contributed by atoms with Crippen LogP contribution in [-0.2, 0) is 41.6 Å². The summed E-state index contributed by atoms with van der Waals surface area (Å²) in [7, 11) is -9.34. The van der Waals surface area contributed by atoms with Crippen molar-refractivity contribution in [1.29, 1.82) is 0 Å². The maximum Gasteiger partial charge on any atom is 0.647 e. The van der Waals surface area contributed by atoms with Gasteiger partial charge in [-0.1, -0.05) is 155 Å². The average molecular weight is 943 g/mol. The van der Waals surface area contributed by atoms with Gasteiger partial charge in [0, 0.05) is 28.3 Å². The molecular weight excluding hydrogens is 871 g/mol. The van der Waals surface area contributed by atoms with Crippen LogP contribution in [-0.4, -0.2) is 10.2 Å². The minimum atomic E-state index is -4.67. The summed E-state index contributed by atoms with van der Waals surface area (Å²) in [5.41, 5.74) is 2.58. The number of phosphoric acid groups is 2. The number of benzene rings is 5. The van der Waals surface area contributed by atoms with E-state index in [0.29, 0.717) is 22.6 Å². The Bertz CT molecular complexity index is 2460. The fourth-order valence-electron chi connectivity index (χ4n) is 7.13. The van der Waals surface area contributed by atoms with Crippen molar-refractivity contribution in [2.24, 2.45) is 0 Å². The Morgan fingerprint density at radius 2 is 0.636 bits per heavy atom. The Balaban J connectivity index is 1.63. The van der Waals surface area contributed by atoms with Crippen molar-refractivity contribution in [2.45, 2.75) is 157 Å². The largest absolute Gasteiger partial charge is 0.647 e. The van der Waals surface area contributed by atoms with Gasteiger partial charge in [-0.15, -0.1) is 0 Å². The normalized spacial score (nSPS) is 14.7. The highest BCUT2D eigenvalue weighted by atomic mass is 31.2. The van der Waals surface area contributed by atoms with Crippen LogP contribution in [0.4, 0.5) is 0 Å². The molecule has 0 fully saturated rings. The molecule has 12 heteroatoms. The number of phosphoric ester groups is 2. The Kier molecular flexibility index (Phi) is 14.3. The Labute approximate surface area is 394 Å². The number of phenolic OH excluding ortho intramolecular Hbond substituents is 2. The molecular formula is C54H72O10P2. The Morgan fingerprint density at radius 3 is 0.924 bits per heavy atom. The summed E-state index contributed by atoms with van der Waals surface area (Å²) in [6, 6.07) is 26.7. The molecule has 0 aliphatic carbocycles. The summed E-state index contributed by atoms with van der Waals surface area (Å²) in [5.74, 6) is 0.958. The topological polar surface area (TPSA) is 130 Å². The molecule has 5 rings (SSSR count). The summed E-state index contributed by atoms with van der Waals surface area (Å²) in [5, 5.41) is 21.5. The zero-order chi connectivity index (χ0) is 49.6. The molecule has 0 aliphatic rings. The van der Waals surface area contributed by atoms with E-state index >= 15 is 9.13 Å². The number of aromatic hydroxyl groups is 2. The molecule has 358 valence electrons. The first kappa shape index (κ1) is 51.9. The quantitative estimate of drug-likeness (QED) is 0.117. The number of rotatable bonds is 12. The molecule has 5 aromatic rings. The van der Waals surface area contributed by atoms with E-state index in [0.717, 1.165) is 22.3 Å². The van der Waals surface area contributed by atoms with Crippen LogP contribution in [0.2, 0.25) is 0 Å². The minimum Gasteiger partial charge on any atom is -0.508 e. The third-order valence-electron chi connectivity index (χ3n) is 11.0. The van der Waals surface area contributed by atoms with Gasteiger partial charge in [0.1, 0.15) is 46.0 Å². The second-order valence-electron chi connectivity index (χ2n) is 23.2. The summed E-state index contributed by atoms with van der Waals surface area (Å²) in [4.78, 5) is 0. The first-order chi connectivity index (χ1) is 30.0.